The molecule has 0 aliphatic heterocycles. The molecular weight excluding hydrogens is 268 g/mol. The second kappa shape index (κ2) is 5.11. The van der Waals surface area contributed by atoms with E-state index < -0.39 is 9.70 Å². The van der Waals surface area contributed by atoms with Crippen LogP contribution in [0.5, 0.6) is 0 Å². The van der Waals surface area contributed by atoms with E-state index in [0.717, 1.165) is 0 Å². The summed E-state index contributed by atoms with van der Waals surface area (Å²) in [6.07, 6.45) is 0. The lowest BCUT2D eigenvalue weighted by molar-refractivity contribution is -0.120. The van der Waals surface area contributed by atoms with Gasteiger partial charge >= 0.3 is 0 Å². The molecule has 0 heterocycles. The van der Waals surface area contributed by atoms with E-state index in [2.05, 4.69) is 5.32 Å². The number of rotatable bonds is 2. The van der Waals surface area contributed by atoms with Crippen LogP contribution < -0.4 is 5.32 Å². The monoisotopic (exact) mass is 279 g/mol. The van der Waals surface area contributed by atoms with Gasteiger partial charge in [0.1, 0.15) is 0 Å². The molecule has 84 valence electrons. The molecule has 0 fully saturated rings. The van der Waals surface area contributed by atoms with Crippen LogP contribution in [0.15, 0.2) is 0 Å². The first kappa shape index (κ1) is 14.6. The van der Waals surface area contributed by atoms with Gasteiger partial charge in [-0.25, -0.2) is 0 Å². The van der Waals surface area contributed by atoms with Gasteiger partial charge in [0.15, 0.2) is 0 Å². The Labute approximate surface area is 104 Å². The van der Waals surface area contributed by atoms with Crippen molar-refractivity contribution in [2.45, 2.75) is 29.9 Å². The van der Waals surface area contributed by atoms with Gasteiger partial charge in [0.25, 0.3) is 9.70 Å². The van der Waals surface area contributed by atoms with Gasteiger partial charge in [-0.15, -0.1) is 11.6 Å². The first-order chi connectivity index (χ1) is 6.05. The van der Waals surface area contributed by atoms with Gasteiger partial charge in [0.05, 0.1) is 5.38 Å². The molecule has 0 aromatic heterocycles. The van der Waals surface area contributed by atoms with Crippen LogP contribution in [0.1, 0.15) is 20.8 Å². The summed E-state index contributed by atoms with van der Waals surface area (Å²) in [5.74, 6) is -0.655. The molecule has 1 amide bonds. The molecule has 1 atom stereocenters. The number of alkyl halides is 4. The predicted molar refractivity (Wildman–Crippen MR) is 62.4 cm³/mol. The highest BCUT2D eigenvalue weighted by Gasteiger charge is 2.31. The summed E-state index contributed by atoms with van der Waals surface area (Å²) in [7, 11) is 0. The van der Waals surface area contributed by atoms with Crippen LogP contribution in [-0.2, 0) is 4.79 Å². The van der Waals surface area contributed by atoms with Crippen molar-refractivity contribution in [1.82, 2.24) is 5.32 Å². The molecule has 6 heteroatoms. The highest BCUT2D eigenvalue weighted by atomic mass is 35.6. The fourth-order valence-corrected chi connectivity index (χ4v) is 0.866. The predicted octanol–water partition coefficient (Wildman–Crippen LogP) is 3.13. The zero-order valence-electron chi connectivity index (χ0n) is 8.20. The first-order valence-corrected chi connectivity index (χ1v) is 5.61. The van der Waals surface area contributed by atoms with Crippen molar-refractivity contribution < 1.29 is 4.79 Å². The van der Waals surface area contributed by atoms with Gasteiger partial charge < -0.3 is 5.32 Å². The van der Waals surface area contributed by atoms with Crippen molar-refractivity contribution in [2.24, 2.45) is 5.41 Å². The van der Waals surface area contributed by atoms with Crippen LogP contribution in [0, 0.1) is 5.41 Å². The van der Waals surface area contributed by atoms with E-state index in [9.17, 15) is 4.79 Å². The van der Waals surface area contributed by atoms with Crippen LogP contribution in [0.3, 0.4) is 0 Å². The number of carbonyl (C=O) groups excluding carboxylic acids is 1. The fraction of sp³-hybridized carbons (Fsp3) is 0.875. The van der Waals surface area contributed by atoms with E-state index in [0.29, 0.717) is 0 Å². The Balaban J connectivity index is 4.03. The van der Waals surface area contributed by atoms with Gasteiger partial charge in [-0.2, -0.15) is 0 Å². The Morgan fingerprint density at radius 2 is 1.71 bits per heavy atom. The third kappa shape index (κ3) is 5.50. The van der Waals surface area contributed by atoms with Gasteiger partial charge in [0, 0.05) is 6.54 Å². The van der Waals surface area contributed by atoms with Crippen LogP contribution in [0.2, 0.25) is 0 Å². The Morgan fingerprint density at radius 3 is 2.00 bits per heavy atom. The van der Waals surface area contributed by atoms with E-state index in [1.54, 1.807) is 0 Å². The van der Waals surface area contributed by atoms with Gasteiger partial charge in [-0.05, 0) is 5.41 Å². The minimum atomic E-state index is -1.92. The zero-order chi connectivity index (χ0) is 11.6. The number of halogens is 4. The van der Waals surface area contributed by atoms with Gasteiger partial charge in [-0.1, -0.05) is 55.6 Å². The minimum Gasteiger partial charge on any atom is -0.351 e. The van der Waals surface area contributed by atoms with Crippen molar-refractivity contribution in [1.29, 1.82) is 0 Å². The smallest absolute Gasteiger partial charge is 0.272 e. The van der Waals surface area contributed by atoms with E-state index >= 15 is 0 Å². The topological polar surface area (TPSA) is 29.1 Å². The zero-order valence-corrected chi connectivity index (χ0v) is 11.2. The Kier molecular flexibility index (Phi) is 5.34. The number of hydrogen-bond donors (Lipinski definition) is 1. The Morgan fingerprint density at radius 1 is 1.29 bits per heavy atom. The summed E-state index contributed by atoms with van der Waals surface area (Å²) < 4.78 is -1.92. The van der Waals surface area contributed by atoms with E-state index in [1.807, 2.05) is 20.8 Å². The van der Waals surface area contributed by atoms with E-state index in [4.69, 9.17) is 46.4 Å². The Bertz CT molecular complexity index is 206. The maximum absolute atomic E-state index is 11.1. The normalized spacial score (nSPS) is 15.1. The Hall–Kier alpha value is 0.630. The molecule has 14 heavy (non-hydrogen) atoms. The lowest BCUT2D eigenvalue weighted by Gasteiger charge is -2.25. The highest BCUT2D eigenvalue weighted by molar-refractivity contribution is 6.76. The number of carbonyl (C=O) groups is 1. The molecule has 0 radical (unpaired) electrons. The summed E-state index contributed by atoms with van der Waals surface area (Å²) >= 11 is 22.1. The first-order valence-electron chi connectivity index (χ1n) is 4.04. The largest absolute Gasteiger partial charge is 0.351 e. The fourth-order valence-electron chi connectivity index (χ4n) is 0.589. The van der Waals surface area contributed by atoms with Gasteiger partial charge in [0.2, 0.25) is 0 Å². The molecule has 0 spiro atoms. The van der Waals surface area contributed by atoms with Gasteiger partial charge in [-0.3, -0.25) is 4.79 Å². The standard InChI is InChI=1S/C8H13Cl4NO/c1-7(2,3)5(9)4-13-6(14)8(10,11)12/h5H,4H2,1-3H3,(H,13,14). The molecular formula is C8H13Cl4NO. The molecule has 0 aromatic rings. The van der Waals surface area contributed by atoms with Crippen molar-refractivity contribution in [3.8, 4) is 0 Å². The maximum atomic E-state index is 11.1. The third-order valence-corrected chi connectivity index (χ3v) is 2.96. The molecule has 0 saturated carbocycles. The molecule has 1 unspecified atom stereocenters. The van der Waals surface area contributed by atoms with E-state index in [-0.39, 0.29) is 17.3 Å². The van der Waals surface area contributed by atoms with Crippen molar-refractivity contribution in [3.05, 3.63) is 0 Å². The van der Waals surface area contributed by atoms with Crippen LogP contribution >= 0.6 is 46.4 Å². The maximum Gasteiger partial charge on any atom is 0.272 e. The molecule has 0 aromatic carbocycles. The highest BCUT2D eigenvalue weighted by Crippen LogP contribution is 2.27. The summed E-state index contributed by atoms with van der Waals surface area (Å²) in [6, 6.07) is 0. The number of hydrogen-bond acceptors (Lipinski definition) is 1. The molecule has 0 rings (SSSR count). The number of amides is 1. The summed E-state index contributed by atoms with van der Waals surface area (Å²) in [5.41, 5.74) is -0.109. The van der Waals surface area contributed by atoms with Crippen LogP contribution in [0.4, 0.5) is 0 Å². The summed E-state index contributed by atoms with van der Waals surface area (Å²) in [4.78, 5) is 11.1. The average Bonchev–Trinajstić information content (AvgIpc) is 1.95. The lowest BCUT2D eigenvalue weighted by Crippen LogP contribution is -2.41. The summed E-state index contributed by atoms with van der Waals surface area (Å²) in [6.45, 7) is 6.17. The van der Waals surface area contributed by atoms with Crippen molar-refractivity contribution in [3.63, 3.8) is 0 Å². The molecule has 2 nitrogen and oxygen atoms in total. The lowest BCUT2D eigenvalue weighted by atomic mass is 9.92. The van der Waals surface area contributed by atoms with Crippen LogP contribution in [-0.4, -0.2) is 21.6 Å². The second-order valence-electron chi connectivity index (χ2n) is 4.04. The summed E-state index contributed by atoms with van der Waals surface area (Å²) in [5, 5.41) is 2.25. The molecule has 0 aliphatic rings. The van der Waals surface area contributed by atoms with E-state index in [1.165, 1.54) is 0 Å². The second-order valence-corrected chi connectivity index (χ2v) is 6.85. The third-order valence-electron chi connectivity index (χ3n) is 1.64. The quantitative estimate of drug-likeness (QED) is 0.774. The SMILES string of the molecule is CC(C)(C)C(Cl)CNC(=O)C(Cl)(Cl)Cl. The minimum absolute atomic E-state index is 0.109. The average molecular weight is 281 g/mol. The van der Waals surface area contributed by atoms with Crippen molar-refractivity contribution in [2.75, 3.05) is 6.54 Å². The molecule has 0 aliphatic carbocycles. The molecule has 0 saturated heterocycles. The van der Waals surface area contributed by atoms with Crippen molar-refractivity contribution >= 4 is 52.3 Å². The number of nitrogens with one attached hydrogen (secondary N) is 1. The molecule has 0 bridgehead atoms. The van der Waals surface area contributed by atoms with Crippen LogP contribution in [0.25, 0.3) is 0 Å². The molecule has 1 N–H and O–H groups in total.